The molecule has 10 nitrogen and oxygen atoms in total. The highest BCUT2D eigenvalue weighted by Crippen LogP contribution is 2.16. The fourth-order valence-electron chi connectivity index (χ4n) is 9.57. The summed E-state index contributed by atoms with van der Waals surface area (Å²) in [6, 6.07) is -1.49. The average molecular weight is 960 g/mol. The zero-order valence-electron chi connectivity index (χ0n) is 46.3. The van der Waals surface area contributed by atoms with Gasteiger partial charge in [0.25, 0.3) is 0 Å². The topological polar surface area (TPSA) is 123 Å². The second-order valence-corrected chi connectivity index (χ2v) is 22.8. The van der Waals surface area contributed by atoms with Gasteiger partial charge in [0.1, 0.15) is 12.1 Å². The highest BCUT2D eigenvalue weighted by atomic mass is 16.2. The van der Waals surface area contributed by atoms with Crippen LogP contribution in [0.15, 0.2) is 0 Å². The van der Waals surface area contributed by atoms with E-state index in [1.165, 1.54) is 180 Å². The number of carbonyl (C=O) groups is 4. The van der Waals surface area contributed by atoms with Crippen LogP contribution in [0.4, 0.5) is 0 Å². The third kappa shape index (κ3) is 39.5. The third-order valence-electron chi connectivity index (χ3n) is 14.1. The second kappa shape index (κ2) is 43.6. The molecule has 4 amide bonds. The van der Waals surface area contributed by atoms with E-state index in [0.717, 1.165) is 62.9 Å². The molecule has 2 unspecified atom stereocenters. The molecule has 1 aliphatic rings. The predicted molar refractivity (Wildman–Crippen MR) is 290 cm³/mol. The zero-order valence-corrected chi connectivity index (χ0v) is 46.3. The van der Waals surface area contributed by atoms with E-state index in [1.807, 2.05) is 0 Å². The van der Waals surface area contributed by atoms with Crippen molar-refractivity contribution < 1.29 is 19.2 Å². The molecule has 0 aromatic rings. The van der Waals surface area contributed by atoms with Gasteiger partial charge in [-0.2, -0.15) is 0 Å². The lowest BCUT2D eigenvalue weighted by Gasteiger charge is -2.29. The Kier molecular flexibility index (Phi) is 40.9. The van der Waals surface area contributed by atoms with Crippen molar-refractivity contribution in [3.05, 3.63) is 0 Å². The monoisotopic (exact) mass is 959 g/mol. The number of hydrogen-bond donors (Lipinski definition) is 4. The summed E-state index contributed by atoms with van der Waals surface area (Å²) in [6.45, 7) is 25.6. The fourth-order valence-corrected chi connectivity index (χ4v) is 9.57. The normalized spacial score (nSPS) is 15.4. The van der Waals surface area contributed by atoms with Crippen molar-refractivity contribution in [3.8, 4) is 0 Å². The summed E-state index contributed by atoms with van der Waals surface area (Å²) in [5, 5.41) is 11.8. The van der Waals surface area contributed by atoms with Crippen molar-refractivity contribution in [1.82, 2.24) is 31.1 Å². The Labute approximate surface area is 421 Å². The van der Waals surface area contributed by atoms with E-state index in [-0.39, 0.29) is 49.3 Å². The van der Waals surface area contributed by atoms with E-state index in [1.54, 1.807) is 0 Å². The smallest absolute Gasteiger partial charge is 0.243 e. The van der Waals surface area contributed by atoms with Crippen LogP contribution in [0.3, 0.4) is 0 Å². The highest BCUT2D eigenvalue weighted by Gasteiger charge is 2.33. The van der Waals surface area contributed by atoms with Crippen molar-refractivity contribution in [3.63, 3.8) is 0 Å². The first kappa shape index (κ1) is 63.8. The number of rotatable bonds is 48. The molecule has 1 fully saturated rings. The van der Waals surface area contributed by atoms with E-state index < -0.39 is 12.1 Å². The SMILES string of the molecule is CC(C)CCCCCCCCN(CCCCCCCCC(C)C)CCNC(=O)CCC1NC(=O)C(CCC(=O)NCCN(CCCCCCCCC(C)C)CCCCCCCCC(C)C)NC1=O. The Morgan fingerprint density at radius 1 is 0.382 bits per heavy atom. The lowest BCUT2D eigenvalue weighted by Crippen LogP contribution is -2.61. The first-order valence-corrected chi connectivity index (χ1v) is 29.4. The summed E-state index contributed by atoms with van der Waals surface area (Å²) in [5.41, 5.74) is 0. The Hall–Kier alpha value is -2.20. The van der Waals surface area contributed by atoms with Crippen molar-refractivity contribution in [2.45, 2.75) is 273 Å². The van der Waals surface area contributed by atoms with Gasteiger partial charge < -0.3 is 31.1 Å². The van der Waals surface area contributed by atoms with Gasteiger partial charge in [-0.3, -0.25) is 19.2 Å². The minimum atomic E-state index is -0.744. The van der Waals surface area contributed by atoms with Crippen molar-refractivity contribution in [2.75, 3.05) is 52.4 Å². The summed E-state index contributed by atoms with van der Waals surface area (Å²) < 4.78 is 0. The third-order valence-corrected chi connectivity index (χ3v) is 14.1. The van der Waals surface area contributed by atoms with Gasteiger partial charge in [-0.1, -0.05) is 209 Å². The number of nitrogens with one attached hydrogen (secondary N) is 4. The predicted octanol–water partition coefficient (Wildman–Crippen LogP) is 12.9. The van der Waals surface area contributed by atoms with Crippen LogP contribution in [0.5, 0.6) is 0 Å². The summed E-state index contributed by atoms with van der Waals surface area (Å²) in [4.78, 5) is 57.0. The van der Waals surface area contributed by atoms with Crippen LogP contribution in [-0.2, 0) is 19.2 Å². The number of hydrogen-bond acceptors (Lipinski definition) is 6. The van der Waals surface area contributed by atoms with Gasteiger partial charge >= 0.3 is 0 Å². The molecule has 0 aromatic heterocycles. The molecule has 1 rings (SSSR count). The molecule has 2 atom stereocenters. The maximum absolute atomic E-state index is 13.0. The number of unbranched alkanes of at least 4 members (excludes halogenated alkanes) is 20. The van der Waals surface area contributed by atoms with Gasteiger partial charge in [-0.25, -0.2) is 0 Å². The molecule has 0 radical (unpaired) electrons. The van der Waals surface area contributed by atoms with Gasteiger partial charge in [-0.05, 0) is 88.4 Å². The molecule has 0 bridgehead atoms. The van der Waals surface area contributed by atoms with Crippen molar-refractivity contribution in [1.29, 1.82) is 0 Å². The number of nitrogens with zero attached hydrogens (tertiary/aromatic N) is 2. The standard InChI is InChI=1S/C58H114N6O4/c1-49(2)33-25-17-9-13-21-29-43-63(44-30-22-14-10-18-26-34-50(3)4)47-41-59-55(65)39-37-53-57(67)62-54(58(68)61-53)38-40-56(66)60-42-48-64(45-31-23-15-11-19-27-35-51(5)6)46-32-24-16-12-20-28-36-52(7)8/h49-54H,9-48H2,1-8H3,(H,59,65)(H,60,66)(H,61,68)(H,62,67). The fraction of sp³-hybridized carbons (Fsp3) is 0.931. The number of carbonyl (C=O) groups excluding carboxylic acids is 4. The Balaban J connectivity index is 2.43. The molecular formula is C58H114N6O4. The number of piperazine rings is 1. The molecule has 68 heavy (non-hydrogen) atoms. The number of amides is 4. The van der Waals surface area contributed by atoms with E-state index in [4.69, 9.17) is 0 Å². The van der Waals surface area contributed by atoms with Crippen LogP contribution in [0.1, 0.15) is 261 Å². The Morgan fingerprint density at radius 2 is 0.618 bits per heavy atom. The summed E-state index contributed by atoms with van der Waals surface area (Å²) in [6.07, 6.45) is 37.3. The molecule has 0 aromatic carbocycles. The molecular weight excluding hydrogens is 845 g/mol. The summed E-state index contributed by atoms with van der Waals surface area (Å²) >= 11 is 0. The van der Waals surface area contributed by atoms with Crippen LogP contribution in [0, 0.1) is 23.7 Å². The molecule has 1 saturated heterocycles. The van der Waals surface area contributed by atoms with Crippen LogP contribution >= 0.6 is 0 Å². The molecule has 1 aliphatic heterocycles. The van der Waals surface area contributed by atoms with E-state index in [2.05, 4.69) is 86.5 Å². The lowest BCUT2D eigenvalue weighted by atomic mass is 10.0. The van der Waals surface area contributed by atoms with E-state index >= 15 is 0 Å². The van der Waals surface area contributed by atoms with E-state index in [9.17, 15) is 19.2 Å². The molecule has 0 spiro atoms. The van der Waals surface area contributed by atoms with E-state index in [0.29, 0.717) is 13.1 Å². The summed E-state index contributed by atoms with van der Waals surface area (Å²) in [7, 11) is 0. The Bertz CT molecular complexity index is 1090. The van der Waals surface area contributed by atoms with Gasteiger partial charge in [0.05, 0.1) is 0 Å². The Morgan fingerprint density at radius 3 is 0.868 bits per heavy atom. The highest BCUT2D eigenvalue weighted by molar-refractivity contribution is 5.97. The quantitative estimate of drug-likeness (QED) is 0.0451. The zero-order chi connectivity index (χ0) is 50.0. The second-order valence-electron chi connectivity index (χ2n) is 22.8. The van der Waals surface area contributed by atoms with Gasteiger partial charge in [0.15, 0.2) is 0 Å². The van der Waals surface area contributed by atoms with Gasteiger partial charge in [0.2, 0.25) is 23.6 Å². The summed E-state index contributed by atoms with van der Waals surface area (Å²) in [5.74, 6) is 2.45. The molecule has 1 heterocycles. The largest absolute Gasteiger partial charge is 0.355 e. The molecule has 4 N–H and O–H groups in total. The minimum Gasteiger partial charge on any atom is -0.355 e. The maximum Gasteiger partial charge on any atom is 0.243 e. The van der Waals surface area contributed by atoms with Crippen LogP contribution in [0.2, 0.25) is 0 Å². The first-order valence-electron chi connectivity index (χ1n) is 29.4. The average Bonchev–Trinajstić information content (AvgIpc) is 3.28. The first-order chi connectivity index (χ1) is 32.8. The van der Waals surface area contributed by atoms with Crippen molar-refractivity contribution >= 4 is 23.6 Å². The van der Waals surface area contributed by atoms with Gasteiger partial charge in [-0.15, -0.1) is 0 Å². The van der Waals surface area contributed by atoms with Crippen LogP contribution in [-0.4, -0.2) is 97.9 Å². The van der Waals surface area contributed by atoms with Crippen molar-refractivity contribution in [2.24, 2.45) is 23.7 Å². The molecule has 400 valence electrons. The maximum atomic E-state index is 13.0. The van der Waals surface area contributed by atoms with Crippen LogP contribution < -0.4 is 21.3 Å². The molecule has 0 aliphatic carbocycles. The molecule has 10 heteroatoms. The van der Waals surface area contributed by atoms with Crippen LogP contribution in [0.25, 0.3) is 0 Å². The van der Waals surface area contributed by atoms with Gasteiger partial charge in [0, 0.05) is 39.0 Å². The minimum absolute atomic E-state index is 0.0906. The molecule has 0 saturated carbocycles. The lowest BCUT2D eigenvalue weighted by molar-refractivity contribution is -0.137.